The van der Waals surface area contributed by atoms with Crippen LogP contribution >= 0.6 is 0 Å². The first-order chi connectivity index (χ1) is 9.04. The number of hydrogen-bond donors (Lipinski definition) is 0. The van der Waals surface area contributed by atoms with Gasteiger partial charge in [-0.1, -0.05) is 35.5 Å². The van der Waals surface area contributed by atoms with Crippen molar-refractivity contribution in [2.24, 2.45) is 5.16 Å². The van der Waals surface area contributed by atoms with E-state index < -0.39 is 10.1 Å². The van der Waals surface area contributed by atoms with E-state index in [1.54, 1.807) is 0 Å². The summed E-state index contributed by atoms with van der Waals surface area (Å²) >= 11 is 0. The first-order valence-corrected chi connectivity index (χ1v) is 7.47. The molecule has 1 aliphatic heterocycles. The molecule has 0 spiro atoms. The Hall–Kier alpha value is -2.08. The van der Waals surface area contributed by atoms with Gasteiger partial charge in [-0.05, 0) is 16.8 Å². The molecule has 6 heteroatoms. The van der Waals surface area contributed by atoms with Crippen molar-refractivity contribution < 1.29 is 17.4 Å². The van der Waals surface area contributed by atoms with Crippen molar-refractivity contribution >= 4 is 26.6 Å². The minimum absolute atomic E-state index is 0.207. The summed E-state index contributed by atoms with van der Waals surface area (Å²) in [6, 6.07) is 11.6. The van der Waals surface area contributed by atoms with Gasteiger partial charge in [0.15, 0.2) is 0 Å². The van der Waals surface area contributed by atoms with Crippen LogP contribution in [-0.4, -0.2) is 27.0 Å². The topological polar surface area (TPSA) is 65.0 Å². The molecule has 0 unspecified atom stereocenters. The molecule has 0 N–H and O–H groups in total. The lowest BCUT2D eigenvalue weighted by atomic mass is 10.0. The maximum atomic E-state index is 11.0. The van der Waals surface area contributed by atoms with Gasteiger partial charge in [0.2, 0.25) is 0 Å². The highest BCUT2D eigenvalue weighted by Gasteiger charge is 2.23. The Morgan fingerprint density at radius 1 is 1.21 bits per heavy atom. The summed E-state index contributed by atoms with van der Waals surface area (Å²) < 4.78 is 32.0. The average molecular weight is 277 g/mol. The van der Waals surface area contributed by atoms with Gasteiger partial charge in [0.05, 0.1) is 11.8 Å². The Morgan fingerprint density at radius 2 is 2.00 bits per heavy atom. The third-order valence-corrected chi connectivity index (χ3v) is 3.17. The van der Waals surface area contributed by atoms with Crippen molar-refractivity contribution in [3.8, 4) is 5.75 Å². The van der Waals surface area contributed by atoms with Crippen LogP contribution in [0.3, 0.4) is 0 Å². The van der Waals surface area contributed by atoms with E-state index in [2.05, 4.69) is 9.44 Å². The van der Waals surface area contributed by atoms with Crippen molar-refractivity contribution in [2.45, 2.75) is 0 Å². The Balaban J connectivity index is 2.15. The van der Waals surface area contributed by atoms with Crippen LogP contribution < -0.4 is 4.74 Å². The molecule has 0 aliphatic carbocycles. The second-order valence-corrected chi connectivity index (χ2v) is 5.82. The summed E-state index contributed by atoms with van der Waals surface area (Å²) in [5, 5.41) is 5.70. The van der Waals surface area contributed by atoms with Crippen molar-refractivity contribution in [1.82, 2.24) is 0 Å². The summed E-state index contributed by atoms with van der Waals surface area (Å²) in [6.45, 7) is 0.207. The van der Waals surface area contributed by atoms with Crippen molar-refractivity contribution in [3.63, 3.8) is 0 Å². The molecular formula is C13H11NO4S. The lowest BCUT2D eigenvalue weighted by molar-refractivity contribution is 0.336. The van der Waals surface area contributed by atoms with Crippen LogP contribution in [0.15, 0.2) is 41.6 Å². The number of ether oxygens (including phenoxy) is 1. The van der Waals surface area contributed by atoms with Crippen LogP contribution in [0.2, 0.25) is 0 Å². The fourth-order valence-electron chi connectivity index (χ4n) is 2.07. The molecule has 2 aromatic carbocycles. The normalized spacial score (nSPS) is 16.4. The number of rotatable bonds is 2. The number of hydrogen-bond acceptors (Lipinski definition) is 5. The quantitative estimate of drug-likeness (QED) is 0.787. The highest BCUT2D eigenvalue weighted by Crippen LogP contribution is 2.32. The number of fused-ring (bicyclic) bond motifs is 3. The van der Waals surface area contributed by atoms with Crippen LogP contribution in [-0.2, 0) is 14.4 Å². The van der Waals surface area contributed by atoms with E-state index in [0.29, 0.717) is 11.5 Å². The predicted octanol–water partition coefficient (Wildman–Crippen LogP) is 1.91. The Labute approximate surface area is 110 Å². The van der Waals surface area contributed by atoms with Crippen molar-refractivity contribution in [3.05, 3.63) is 42.0 Å². The summed E-state index contributed by atoms with van der Waals surface area (Å²) in [7, 11) is -3.61. The predicted molar refractivity (Wildman–Crippen MR) is 71.9 cm³/mol. The smallest absolute Gasteiger partial charge is 0.325 e. The summed E-state index contributed by atoms with van der Waals surface area (Å²) in [5.74, 6) is 0.689. The molecule has 0 saturated carbocycles. The molecule has 0 amide bonds. The van der Waals surface area contributed by atoms with Gasteiger partial charge in [-0.25, -0.2) is 0 Å². The van der Waals surface area contributed by atoms with Gasteiger partial charge < -0.3 is 4.74 Å². The molecule has 98 valence electrons. The van der Waals surface area contributed by atoms with E-state index in [4.69, 9.17) is 4.74 Å². The van der Waals surface area contributed by atoms with Gasteiger partial charge in [-0.15, -0.1) is 0 Å². The summed E-state index contributed by atoms with van der Waals surface area (Å²) in [5.41, 5.74) is 1.28. The van der Waals surface area contributed by atoms with E-state index in [0.717, 1.165) is 22.6 Å². The van der Waals surface area contributed by atoms with Crippen LogP contribution in [0, 0.1) is 0 Å². The number of nitrogens with zero attached hydrogens (tertiary/aromatic N) is 1. The molecule has 0 fully saturated rings. The third-order valence-electron chi connectivity index (χ3n) is 2.83. The van der Waals surface area contributed by atoms with E-state index in [-0.39, 0.29) is 6.61 Å². The highest BCUT2D eigenvalue weighted by molar-refractivity contribution is 7.85. The van der Waals surface area contributed by atoms with Crippen LogP contribution in [0.4, 0.5) is 0 Å². The summed E-state index contributed by atoms with van der Waals surface area (Å²) in [4.78, 5) is 0. The van der Waals surface area contributed by atoms with Crippen LogP contribution in [0.1, 0.15) is 5.56 Å². The SMILES string of the molecule is CS(=O)(=O)O/N=C1\COc2ccc3ccccc3c21. The minimum Gasteiger partial charge on any atom is -0.486 e. The zero-order valence-electron chi connectivity index (χ0n) is 10.2. The molecule has 0 saturated heterocycles. The molecule has 0 aromatic heterocycles. The Bertz CT molecular complexity index is 780. The van der Waals surface area contributed by atoms with Crippen molar-refractivity contribution in [2.75, 3.05) is 12.9 Å². The maximum absolute atomic E-state index is 11.0. The van der Waals surface area contributed by atoms with E-state index in [9.17, 15) is 8.42 Å². The average Bonchev–Trinajstić information content (AvgIpc) is 2.79. The minimum atomic E-state index is -3.61. The molecule has 0 atom stereocenters. The highest BCUT2D eigenvalue weighted by atomic mass is 32.2. The second-order valence-electron chi connectivity index (χ2n) is 4.27. The molecule has 0 radical (unpaired) electrons. The van der Waals surface area contributed by atoms with Gasteiger partial charge >= 0.3 is 10.1 Å². The molecule has 5 nitrogen and oxygen atoms in total. The molecule has 1 heterocycles. The maximum Gasteiger partial charge on any atom is 0.325 e. The fraction of sp³-hybridized carbons (Fsp3) is 0.154. The largest absolute Gasteiger partial charge is 0.486 e. The van der Waals surface area contributed by atoms with E-state index >= 15 is 0 Å². The zero-order valence-corrected chi connectivity index (χ0v) is 11.0. The fourth-order valence-corrected chi connectivity index (χ4v) is 2.30. The molecule has 3 rings (SSSR count). The molecule has 1 aliphatic rings. The molecule has 0 bridgehead atoms. The zero-order chi connectivity index (χ0) is 13.5. The van der Waals surface area contributed by atoms with Gasteiger partial charge in [-0.2, -0.15) is 8.42 Å². The lowest BCUT2D eigenvalue weighted by Crippen LogP contribution is -2.06. The van der Waals surface area contributed by atoms with Gasteiger partial charge in [0, 0.05) is 0 Å². The number of oxime groups is 1. The first-order valence-electron chi connectivity index (χ1n) is 5.65. The van der Waals surface area contributed by atoms with Gasteiger partial charge in [0.25, 0.3) is 0 Å². The van der Waals surface area contributed by atoms with Gasteiger partial charge in [0.1, 0.15) is 18.1 Å². The Morgan fingerprint density at radius 3 is 2.79 bits per heavy atom. The monoisotopic (exact) mass is 277 g/mol. The lowest BCUT2D eigenvalue weighted by Gasteiger charge is -2.03. The first kappa shape index (κ1) is 12.0. The standard InChI is InChI=1S/C13H11NO4S/c1-19(15,16)18-14-11-8-17-12-7-6-9-4-2-3-5-10(9)13(11)12/h2-7H,8H2,1H3/b14-11+. The number of benzene rings is 2. The Kier molecular flexibility index (Phi) is 2.67. The third kappa shape index (κ3) is 2.26. The van der Waals surface area contributed by atoms with E-state index in [1.165, 1.54) is 0 Å². The van der Waals surface area contributed by atoms with Crippen molar-refractivity contribution in [1.29, 1.82) is 0 Å². The van der Waals surface area contributed by atoms with E-state index in [1.807, 2.05) is 36.4 Å². The second kappa shape index (κ2) is 4.24. The van der Waals surface area contributed by atoms with Crippen LogP contribution in [0.5, 0.6) is 5.75 Å². The molecular weight excluding hydrogens is 266 g/mol. The van der Waals surface area contributed by atoms with Crippen LogP contribution in [0.25, 0.3) is 10.8 Å². The molecule has 19 heavy (non-hydrogen) atoms. The summed E-state index contributed by atoms with van der Waals surface area (Å²) in [6.07, 6.45) is 0.955. The molecule has 2 aromatic rings. The van der Waals surface area contributed by atoms with Gasteiger partial charge in [-0.3, -0.25) is 4.28 Å².